The highest BCUT2D eigenvalue weighted by Gasteiger charge is 2.43. The SMILES string of the molecule is CC(C)N1c2ccc(C(F)(F)F)cc2NCC12CCCCC2. The van der Waals surface area contributed by atoms with Crippen molar-refractivity contribution >= 4 is 11.4 Å². The summed E-state index contributed by atoms with van der Waals surface area (Å²) in [6.45, 7) is 4.99. The molecule has 0 radical (unpaired) electrons. The summed E-state index contributed by atoms with van der Waals surface area (Å²) in [5.74, 6) is 0. The third kappa shape index (κ3) is 2.55. The first-order valence-electron chi connectivity index (χ1n) is 8.08. The van der Waals surface area contributed by atoms with E-state index in [4.69, 9.17) is 0 Å². The molecule has 1 spiro atoms. The molecule has 3 rings (SSSR count). The van der Waals surface area contributed by atoms with Gasteiger partial charge in [-0.15, -0.1) is 0 Å². The molecule has 0 atom stereocenters. The summed E-state index contributed by atoms with van der Waals surface area (Å²) in [6.07, 6.45) is 1.58. The summed E-state index contributed by atoms with van der Waals surface area (Å²) in [5.41, 5.74) is 0.997. The van der Waals surface area contributed by atoms with Gasteiger partial charge in [0, 0.05) is 12.6 Å². The van der Waals surface area contributed by atoms with Crippen molar-refractivity contribution in [3.05, 3.63) is 23.8 Å². The molecule has 0 amide bonds. The molecule has 122 valence electrons. The maximum atomic E-state index is 12.9. The van der Waals surface area contributed by atoms with Gasteiger partial charge in [0.1, 0.15) is 0 Å². The van der Waals surface area contributed by atoms with E-state index in [1.165, 1.54) is 31.4 Å². The Morgan fingerprint density at radius 3 is 2.41 bits per heavy atom. The van der Waals surface area contributed by atoms with Crippen molar-refractivity contribution in [1.29, 1.82) is 0 Å². The van der Waals surface area contributed by atoms with E-state index in [2.05, 4.69) is 24.1 Å². The van der Waals surface area contributed by atoms with Crippen molar-refractivity contribution in [1.82, 2.24) is 0 Å². The standard InChI is InChI=1S/C17H23F3N2/c1-12(2)22-15-7-6-13(17(18,19)20)10-14(15)21-11-16(22)8-4-3-5-9-16/h6-7,10,12,21H,3-5,8-9,11H2,1-2H3. The Labute approximate surface area is 129 Å². The highest BCUT2D eigenvalue weighted by atomic mass is 19.4. The number of halogens is 3. The maximum Gasteiger partial charge on any atom is 0.416 e. The van der Waals surface area contributed by atoms with Crippen LogP contribution in [-0.2, 0) is 6.18 Å². The van der Waals surface area contributed by atoms with Crippen LogP contribution in [0.15, 0.2) is 18.2 Å². The molecule has 1 aromatic carbocycles. The van der Waals surface area contributed by atoms with E-state index in [0.29, 0.717) is 5.69 Å². The van der Waals surface area contributed by atoms with Crippen LogP contribution in [0.2, 0.25) is 0 Å². The minimum absolute atomic E-state index is 0.0547. The van der Waals surface area contributed by atoms with Crippen molar-refractivity contribution in [2.24, 2.45) is 0 Å². The van der Waals surface area contributed by atoms with Gasteiger partial charge in [0.15, 0.2) is 0 Å². The second-order valence-corrected chi connectivity index (χ2v) is 6.83. The van der Waals surface area contributed by atoms with Gasteiger partial charge in [0.25, 0.3) is 0 Å². The lowest BCUT2D eigenvalue weighted by atomic mass is 9.77. The summed E-state index contributed by atoms with van der Waals surface area (Å²) in [4.78, 5) is 2.36. The molecule has 1 N–H and O–H groups in total. The van der Waals surface area contributed by atoms with Crippen LogP contribution in [0.1, 0.15) is 51.5 Å². The molecule has 2 nitrogen and oxygen atoms in total. The largest absolute Gasteiger partial charge is 0.416 e. The number of anilines is 2. The highest BCUT2D eigenvalue weighted by molar-refractivity contribution is 5.75. The summed E-state index contributed by atoms with van der Waals surface area (Å²) in [5, 5.41) is 3.28. The molecule has 1 aromatic rings. The van der Waals surface area contributed by atoms with Crippen LogP contribution >= 0.6 is 0 Å². The molecule has 2 aliphatic rings. The second-order valence-electron chi connectivity index (χ2n) is 6.83. The molecule has 1 aliphatic heterocycles. The molecular formula is C17H23F3N2. The van der Waals surface area contributed by atoms with Gasteiger partial charge in [-0.05, 0) is 44.9 Å². The van der Waals surface area contributed by atoms with Gasteiger partial charge in [-0.25, -0.2) is 0 Å². The number of fused-ring (bicyclic) bond motifs is 1. The zero-order valence-electron chi connectivity index (χ0n) is 13.1. The third-order valence-electron chi connectivity index (χ3n) is 5.00. The van der Waals surface area contributed by atoms with Crippen molar-refractivity contribution in [2.75, 3.05) is 16.8 Å². The molecule has 22 heavy (non-hydrogen) atoms. The Kier molecular flexibility index (Phi) is 3.77. The summed E-state index contributed by atoms with van der Waals surface area (Å²) >= 11 is 0. The normalized spacial score (nSPS) is 20.9. The first kappa shape index (κ1) is 15.5. The van der Waals surface area contributed by atoms with Gasteiger partial charge in [-0.1, -0.05) is 19.3 Å². The van der Waals surface area contributed by atoms with E-state index in [1.54, 1.807) is 6.07 Å². The second kappa shape index (κ2) is 5.36. The summed E-state index contributed by atoms with van der Waals surface area (Å²) in [6, 6.07) is 4.37. The lowest BCUT2D eigenvalue weighted by Crippen LogP contribution is -2.59. The minimum atomic E-state index is -4.29. The van der Waals surface area contributed by atoms with Crippen LogP contribution < -0.4 is 10.2 Å². The van der Waals surface area contributed by atoms with Crippen LogP contribution in [0.25, 0.3) is 0 Å². The van der Waals surface area contributed by atoms with Crippen LogP contribution in [0.4, 0.5) is 24.5 Å². The molecule has 0 saturated heterocycles. The van der Waals surface area contributed by atoms with E-state index < -0.39 is 11.7 Å². The number of nitrogens with zero attached hydrogens (tertiary/aromatic N) is 1. The van der Waals surface area contributed by atoms with Gasteiger partial charge >= 0.3 is 6.18 Å². The van der Waals surface area contributed by atoms with Gasteiger partial charge in [-0.2, -0.15) is 13.2 Å². The van der Waals surface area contributed by atoms with Gasteiger partial charge in [-0.3, -0.25) is 0 Å². The molecule has 0 aromatic heterocycles. The van der Waals surface area contributed by atoms with Crippen molar-refractivity contribution in [2.45, 2.75) is 63.7 Å². The first-order chi connectivity index (χ1) is 10.3. The van der Waals surface area contributed by atoms with E-state index in [-0.39, 0.29) is 11.6 Å². The monoisotopic (exact) mass is 312 g/mol. The predicted octanol–water partition coefficient (Wildman–Crippen LogP) is 5.05. The Morgan fingerprint density at radius 2 is 1.82 bits per heavy atom. The molecular weight excluding hydrogens is 289 g/mol. The third-order valence-corrected chi connectivity index (χ3v) is 5.00. The highest BCUT2D eigenvalue weighted by Crippen LogP contribution is 2.46. The van der Waals surface area contributed by atoms with Gasteiger partial charge < -0.3 is 10.2 Å². The topological polar surface area (TPSA) is 15.3 Å². The average molecular weight is 312 g/mol. The lowest BCUT2D eigenvalue weighted by Gasteiger charge is -2.53. The number of benzene rings is 1. The fourth-order valence-electron chi connectivity index (χ4n) is 4.12. The summed E-state index contributed by atoms with van der Waals surface area (Å²) < 4.78 is 38.8. The van der Waals surface area contributed by atoms with Crippen molar-refractivity contribution in [3.63, 3.8) is 0 Å². The fraction of sp³-hybridized carbons (Fsp3) is 0.647. The predicted molar refractivity (Wildman–Crippen MR) is 83.4 cm³/mol. The van der Waals surface area contributed by atoms with E-state index in [9.17, 15) is 13.2 Å². The number of nitrogens with one attached hydrogen (secondary N) is 1. The number of alkyl halides is 3. The van der Waals surface area contributed by atoms with E-state index >= 15 is 0 Å². The Balaban J connectivity index is 2.02. The molecule has 5 heteroatoms. The minimum Gasteiger partial charge on any atom is -0.381 e. The Morgan fingerprint density at radius 1 is 1.14 bits per heavy atom. The van der Waals surface area contributed by atoms with Crippen molar-refractivity contribution < 1.29 is 13.2 Å². The van der Waals surface area contributed by atoms with Gasteiger partial charge in [0.05, 0.1) is 22.5 Å². The number of hydrogen-bond donors (Lipinski definition) is 1. The molecule has 0 unspecified atom stereocenters. The quantitative estimate of drug-likeness (QED) is 0.780. The van der Waals surface area contributed by atoms with Gasteiger partial charge in [0.2, 0.25) is 0 Å². The first-order valence-corrected chi connectivity index (χ1v) is 8.08. The van der Waals surface area contributed by atoms with E-state index in [0.717, 1.165) is 25.1 Å². The smallest absolute Gasteiger partial charge is 0.381 e. The average Bonchev–Trinajstić information content (AvgIpc) is 2.46. The molecule has 1 heterocycles. The Bertz CT molecular complexity index is 545. The number of hydrogen-bond acceptors (Lipinski definition) is 2. The zero-order chi connectivity index (χ0) is 16.0. The molecule has 1 fully saturated rings. The molecule has 0 bridgehead atoms. The van der Waals surface area contributed by atoms with Crippen LogP contribution in [0, 0.1) is 0 Å². The number of rotatable bonds is 1. The summed E-state index contributed by atoms with van der Waals surface area (Å²) in [7, 11) is 0. The van der Waals surface area contributed by atoms with Crippen molar-refractivity contribution in [3.8, 4) is 0 Å². The Hall–Kier alpha value is -1.39. The van der Waals surface area contributed by atoms with Crippen LogP contribution in [0.3, 0.4) is 0 Å². The maximum absolute atomic E-state index is 12.9. The van der Waals surface area contributed by atoms with E-state index in [1.807, 2.05) is 0 Å². The van der Waals surface area contributed by atoms with Crippen LogP contribution in [-0.4, -0.2) is 18.1 Å². The molecule has 1 aliphatic carbocycles. The fourth-order valence-corrected chi connectivity index (χ4v) is 4.12. The lowest BCUT2D eigenvalue weighted by molar-refractivity contribution is -0.137. The van der Waals surface area contributed by atoms with Crippen LogP contribution in [0.5, 0.6) is 0 Å². The molecule has 1 saturated carbocycles. The zero-order valence-corrected chi connectivity index (χ0v) is 13.1.